The third-order valence-corrected chi connectivity index (χ3v) is 5.74. The molecule has 0 atom stereocenters. The third-order valence-electron chi connectivity index (χ3n) is 5.74. The van der Waals surface area contributed by atoms with Crippen LogP contribution in [0, 0.1) is 12.3 Å². The van der Waals surface area contributed by atoms with Crippen LogP contribution in [0.15, 0.2) is 48.0 Å². The van der Waals surface area contributed by atoms with Gasteiger partial charge in [0.15, 0.2) is 0 Å². The van der Waals surface area contributed by atoms with Crippen molar-refractivity contribution in [2.24, 2.45) is 5.92 Å². The molecule has 2 aromatic rings. The lowest BCUT2D eigenvalue weighted by atomic mass is 9.83. The number of rotatable bonds is 3. The van der Waals surface area contributed by atoms with Crippen molar-refractivity contribution >= 4 is 6.08 Å². The smallest absolute Gasteiger partial charge is 0.0167 e. The topological polar surface area (TPSA) is 0 Å². The quantitative estimate of drug-likeness (QED) is 0.571. The van der Waals surface area contributed by atoms with Gasteiger partial charge in [0.25, 0.3) is 0 Å². The molecule has 0 heteroatoms. The van der Waals surface area contributed by atoms with Crippen LogP contribution >= 0.6 is 0 Å². The first-order valence-electron chi connectivity index (χ1n) is 9.52. The normalized spacial score (nSPS) is 17.9. The molecule has 0 unspecified atom stereocenters. The Kier molecular flexibility index (Phi) is 4.31. The van der Waals surface area contributed by atoms with E-state index in [1.807, 2.05) is 0 Å². The summed E-state index contributed by atoms with van der Waals surface area (Å²) in [5.74, 6) is 1.37. The van der Waals surface area contributed by atoms with Gasteiger partial charge in [0.1, 0.15) is 0 Å². The summed E-state index contributed by atoms with van der Waals surface area (Å²) in [6.45, 7) is 4.54. The fraction of sp³-hybridized carbons (Fsp3) is 0.375. The van der Waals surface area contributed by atoms with Gasteiger partial charge in [-0.05, 0) is 52.5 Å². The zero-order valence-corrected chi connectivity index (χ0v) is 14.9. The lowest BCUT2D eigenvalue weighted by Gasteiger charge is -2.22. The molecule has 1 radical (unpaired) electrons. The number of benzene rings is 2. The second-order valence-electron chi connectivity index (χ2n) is 7.71. The Bertz CT molecular complexity index is 740. The van der Waals surface area contributed by atoms with Gasteiger partial charge in [-0.2, -0.15) is 0 Å². The molecule has 123 valence electrons. The number of allylic oxidation sites excluding steroid dienone is 1. The molecule has 4 rings (SSSR count). The molecule has 0 aromatic heterocycles. The van der Waals surface area contributed by atoms with E-state index >= 15 is 0 Å². The molecule has 2 aromatic carbocycles. The second kappa shape index (κ2) is 6.59. The van der Waals surface area contributed by atoms with E-state index in [1.165, 1.54) is 65.5 Å². The molecule has 24 heavy (non-hydrogen) atoms. The number of hydrogen-bond donors (Lipinski definition) is 0. The molecule has 2 aliphatic carbocycles. The summed E-state index contributed by atoms with van der Waals surface area (Å²) in [6.07, 6.45) is 11.7. The van der Waals surface area contributed by atoms with Gasteiger partial charge in [-0.25, -0.2) is 0 Å². The first-order valence-corrected chi connectivity index (χ1v) is 9.52. The molecular weight excluding hydrogens is 288 g/mol. The van der Waals surface area contributed by atoms with Crippen LogP contribution in [-0.2, 0) is 0 Å². The van der Waals surface area contributed by atoms with Crippen molar-refractivity contribution in [1.82, 2.24) is 0 Å². The summed E-state index contributed by atoms with van der Waals surface area (Å²) in [7, 11) is 0. The summed E-state index contributed by atoms with van der Waals surface area (Å²) in [4.78, 5) is 0. The van der Waals surface area contributed by atoms with Crippen LogP contribution in [0.25, 0.3) is 17.2 Å². The number of hydrogen-bond acceptors (Lipinski definition) is 0. The maximum Gasteiger partial charge on any atom is 0.0167 e. The van der Waals surface area contributed by atoms with Gasteiger partial charge in [-0.1, -0.05) is 87.2 Å². The molecule has 0 amide bonds. The molecule has 0 N–H and O–H groups in total. The van der Waals surface area contributed by atoms with Crippen molar-refractivity contribution in [1.29, 1.82) is 0 Å². The predicted octanol–water partition coefficient (Wildman–Crippen LogP) is 7.01. The lowest BCUT2D eigenvalue weighted by molar-refractivity contribution is 0.443. The van der Waals surface area contributed by atoms with E-state index in [4.69, 9.17) is 0 Å². The molecular formula is C24H27. The van der Waals surface area contributed by atoms with E-state index in [2.05, 4.69) is 68.8 Å². The van der Waals surface area contributed by atoms with Crippen LogP contribution in [0.2, 0.25) is 0 Å². The van der Waals surface area contributed by atoms with Crippen molar-refractivity contribution in [3.63, 3.8) is 0 Å². The van der Waals surface area contributed by atoms with Crippen molar-refractivity contribution < 1.29 is 0 Å². The number of fused-ring (bicyclic) bond motifs is 1. The average molecular weight is 315 g/mol. The summed E-state index contributed by atoms with van der Waals surface area (Å²) in [5.41, 5.74) is 8.46. The molecule has 0 saturated heterocycles. The molecule has 2 aliphatic rings. The molecule has 0 spiro atoms. The van der Waals surface area contributed by atoms with Gasteiger partial charge in [-0.15, -0.1) is 0 Å². The standard InChI is InChI=1S/C24H27/c1-17(2)22-15-21-9-6-10-23(24(21)16-22)20-13-11-19(12-14-20)18-7-4-3-5-8-18/h6,9-18H,3-5,7-8H2,1-2H3. The van der Waals surface area contributed by atoms with Gasteiger partial charge in [0.05, 0.1) is 0 Å². The molecule has 0 aliphatic heterocycles. The molecule has 1 fully saturated rings. The van der Waals surface area contributed by atoms with Crippen molar-refractivity contribution in [2.75, 3.05) is 0 Å². The summed E-state index contributed by atoms with van der Waals surface area (Å²) >= 11 is 0. The van der Waals surface area contributed by atoms with Gasteiger partial charge in [0.2, 0.25) is 0 Å². The van der Waals surface area contributed by atoms with Crippen LogP contribution in [0.1, 0.15) is 68.6 Å². The van der Waals surface area contributed by atoms with Crippen LogP contribution in [0.3, 0.4) is 0 Å². The fourth-order valence-electron chi connectivity index (χ4n) is 4.21. The molecule has 0 heterocycles. The van der Waals surface area contributed by atoms with E-state index < -0.39 is 0 Å². The Morgan fingerprint density at radius 3 is 2.33 bits per heavy atom. The van der Waals surface area contributed by atoms with E-state index in [0.29, 0.717) is 5.92 Å². The van der Waals surface area contributed by atoms with Gasteiger partial charge in [0, 0.05) is 6.42 Å². The zero-order chi connectivity index (χ0) is 16.5. The summed E-state index contributed by atoms with van der Waals surface area (Å²) in [5, 5.41) is 0. The summed E-state index contributed by atoms with van der Waals surface area (Å²) in [6, 6.07) is 16.1. The van der Waals surface area contributed by atoms with E-state index in [1.54, 1.807) is 0 Å². The Morgan fingerprint density at radius 1 is 0.875 bits per heavy atom. The molecule has 0 bridgehead atoms. The average Bonchev–Trinajstić information content (AvgIpc) is 3.07. The SMILES string of the molecule is CC(C)C1=Cc2c(cccc2-c2ccc(C3CCCCC3)cc2)[CH]1. The molecule has 1 saturated carbocycles. The highest BCUT2D eigenvalue weighted by Gasteiger charge is 2.19. The highest BCUT2D eigenvalue weighted by molar-refractivity contribution is 5.83. The van der Waals surface area contributed by atoms with Crippen molar-refractivity contribution in [3.8, 4) is 11.1 Å². The minimum absolute atomic E-state index is 0.582. The van der Waals surface area contributed by atoms with Crippen LogP contribution in [0.4, 0.5) is 0 Å². The van der Waals surface area contributed by atoms with Crippen LogP contribution < -0.4 is 0 Å². The lowest BCUT2D eigenvalue weighted by Crippen LogP contribution is -2.04. The Labute approximate surface area is 146 Å². The first-order chi connectivity index (χ1) is 11.7. The Hall–Kier alpha value is -1.82. The monoisotopic (exact) mass is 315 g/mol. The van der Waals surface area contributed by atoms with Crippen molar-refractivity contribution in [2.45, 2.75) is 51.9 Å². The highest BCUT2D eigenvalue weighted by Crippen LogP contribution is 2.38. The minimum Gasteiger partial charge on any atom is -0.0613 e. The van der Waals surface area contributed by atoms with Gasteiger partial charge in [-0.3, -0.25) is 0 Å². The second-order valence-corrected chi connectivity index (χ2v) is 7.71. The van der Waals surface area contributed by atoms with Crippen LogP contribution in [0.5, 0.6) is 0 Å². The first kappa shape index (κ1) is 15.7. The van der Waals surface area contributed by atoms with E-state index in [9.17, 15) is 0 Å². The maximum absolute atomic E-state index is 2.38. The van der Waals surface area contributed by atoms with E-state index in [0.717, 1.165) is 5.92 Å². The van der Waals surface area contributed by atoms with Gasteiger partial charge >= 0.3 is 0 Å². The van der Waals surface area contributed by atoms with Crippen LogP contribution in [-0.4, -0.2) is 0 Å². The predicted molar refractivity (Wildman–Crippen MR) is 104 cm³/mol. The van der Waals surface area contributed by atoms with Crippen molar-refractivity contribution in [3.05, 3.63) is 71.1 Å². The molecule has 0 nitrogen and oxygen atoms in total. The summed E-state index contributed by atoms with van der Waals surface area (Å²) < 4.78 is 0. The Balaban J connectivity index is 1.64. The largest absolute Gasteiger partial charge is 0.0613 e. The van der Waals surface area contributed by atoms with E-state index in [-0.39, 0.29) is 0 Å². The third kappa shape index (κ3) is 2.95. The fourth-order valence-corrected chi connectivity index (χ4v) is 4.21. The maximum atomic E-state index is 2.38. The highest BCUT2D eigenvalue weighted by atomic mass is 14.2. The zero-order valence-electron chi connectivity index (χ0n) is 14.9. The minimum atomic E-state index is 0.582. The van der Waals surface area contributed by atoms with Gasteiger partial charge < -0.3 is 0 Å². The Morgan fingerprint density at radius 2 is 1.62 bits per heavy atom.